The summed E-state index contributed by atoms with van der Waals surface area (Å²) in [6, 6.07) is 5.41. The summed E-state index contributed by atoms with van der Waals surface area (Å²) >= 11 is 5.73. The lowest BCUT2D eigenvalue weighted by molar-refractivity contribution is 0.104. The number of carbonyl (C=O) groups is 1. The minimum Gasteiger partial charge on any atom is -0.465 e. The maximum Gasteiger partial charge on any atom is 0.407 e. The van der Waals surface area contributed by atoms with E-state index in [-0.39, 0.29) is 5.92 Å². The molecule has 2 heterocycles. The van der Waals surface area contributed by atoms with Crippen LogP contribution >= 0.6 is 11.6 Å². The predicted molar refractivity (Wildman–Crippen MR) is 51.6 cm³/mol. The van der Waals surface area contributed by atoms with Crippen molar-refractivity contribution in [2.75, 3.05) is 13.1 Å². The van der Waals surface area contributed by atoms with E-state index in [9.17, 15) is 4.79 Å². The Hall–Kier alpha value is -1.29. The van der Waals surface area contributed by atoms with E-state index in [1.165, 1.54) is 4.90 Å². The molecular formula is C9H9ClN2O2. The van der Waals surface area contributed by atoms with Crippen LogP contribution in [-0.4, -0.2) is 34.2 Å². The Labute approximate surface area is 86.1 Å². The smallest absolute Gasteiger partial charge is 0.407 e. The topological polar surface area (TPSA) is 53.4 Å². The third-order valence-corrected chi connectivity index (χ3v) is 2.52. The number of carboxylic acid groups (broad SMARTS) is 1. The zero-order chi connectivity index (χ0) is 10.1. The van der Waals surface area contributed by atoms with Gasteiger partial charge in [0.25, 0.3) is 0 Å². The Morgan fingerprint density at radius 2 is 2.29 bits per heavy atom. The molecule has 0 unspecified atom stereocenters. The van der Waals surface area contributed by atoms with Crippen molar-refractivity contribution >= 4 is 17.7 Å². The number of aromatic nitrogens is 1. The van der Waals surface area contributed by atoms with Gasteiger partial charge in [0.05, 0.1) is 0 Å². The molecule has 14 heavy (non-hydrogen) atoms. The van der Waals surface area contributed by atoms with E-state index in [4.69, 9.17) is 16.7 Å². The lowest BCUT2D eigenvalue weighted by Gasteiger charge is -2.36. The minimum atomic E-state index is -0.872. The Balaban J connectivity index is 2.03. The Kier molecular flexibility index (Phi) is 2.29. The van der Waals surface area contributed by atoms with Crippen molar-refractivity contribution in [2.24, 2.45) is 0 Å². The molecular weight excluding hydrogens is 204 g/mol. The van der Waals surface area contributed by atoms with Gasteiger partial charge < -0.3 is 10.0 Å². The molecule has 74 valence electrons. The van der Waals surface area contributed by atoms with Gasteiger partial charge in [0, 0.05) is 24.7 Å². The lowest BCUT2D eigenvalue weighted by atomic mass is 9.96. The summed E-state index contributed by atoms with van der Waals surface area (Å²) in [6.07, 6.45) is -0.872. The van der Waals surface area contributed by atoms with Crippen LogP contribution in [0.25, 0.3) is 0 Å². The van der Waals surface area contributed by atoms with Crippen molar-refractivity contribution in [3.8, 4) is 0 Å². The fourth-order valence-corrected chi connectivity index (χ4v) is 1.64. The first-order valence-corrected chi connectivity index (χ1v) is 4.65. The van der Waals surface area contributed by atoms with Crippen LogP contribution in [0.1, 0.15) is 11.6 Å². The molecule has 0 aromatic carbocycles. The van der Waals surface area contributed by atoms with E-state index >= 15 is 0 Å². The van der Waals surface area contributed by atoms with Crippen molar-refractivity contribution in [2.45, 2.75) is 5.92 Å². The molecule has 4 nitrogen and oxygen atoms in total. The summed E-state index contributed by atoms with van der Waals surface area (Å²) in [5, 5.41) is 9.09. The number of nitrogens with zero attached hydrogens (tertiary/aromatic N) is 2. The van der Waals surface area contributed by atoms with Gasteiger partial charge in [0.1, 0.15) is 5.15 Å². The molecule has 1 fully saturated rings. The minimum absolute atomic E-state index is 0.199. The highest BCUT2D eigenvalue weighted by atomic mass is 35.5. The molecule has 5 heteroatoms. The summed E-state index contributed by atoms with van der Waals surface area (Å²) in [6.45, 7) is 1.03. The molecule has 1 N–H and O–H groups in total. The van der Waals surface area contributed by atoms with Gasteiger partial charge in [0.15, 0.2) is 0 Å². The van der Waals surface area contributed by atoms with E-state index < -0.39 is 6.09 Å². The highest BCUT2D eigenvalue weighted by Crippen LogP contribution is 2.26. The van der Waals surface area contributed by atoms with Crippen molar-refractivity contribution < 1.29 is 9.90 Å². The van der Waals surface area contributed by atoms with Crippen LogP contribution in [0.2, 0.25) is 5.15 Å². The molecule has 1 aliphatic heterocycles. The van der Waals surface area contributed by atoms with Gasteiger partial charge in [0.2, 0.25) is 0 Å². The van der Waals surface area contributed by atoms with E-state index in [0.29, 0.717) is 18.2 Å². The van der Waals surface area contributed by atoms with Crippen molar-refractivity contribution in [1.82, 2.24) is 9.88 Å². The van der Waals surface area contributed by atoms with E-state index in [0.717, 1.165) is 5.69 Å². The van der Waals surface area contributed by atoms with E-state index in [1.807, 2.05) is 12.1 Å². The second-order valence-corrected chi connectivity index (χ2v) is 3.66. The number of pyridine rings is 1. The zero-order valence-corrected chi connectivity index (χ0v) is 8.11. The van der Waals surface area contributed by atoms with Crippen molar-refractivity contribution in [1.29, 1.82) is 0 Å². The number of amides is 1. The first-order valence-electron chi connectivity index (χ1n) is 4.27. The zero-order valence-electron chi connectivity index (χ0n) is 7.35. The van der Waals surface area contributed by atoms with Gasteiger partial charge in [-0.15, -0.1) is 0 Å². The lowest BCUT2D eigenvalue weighted by Crippen LogP contribution is -2.48. The number of rotatable bonds is 1. The molecule has 1 aromatic rings. The van der Waals surface area contributed by atoms with Gasteiger partial charge in [-0.3, -0.25) is 0 Å². The molecule has 1 amide bonds. The molecule has 1 aromatic heterocycles. The maximum atomic E-state index is 10.5. The van der Waals surface area contributed by atoms with E-state index in [1.54, 1.807) is 6.07 Å². The normalized spacial score (nSPS) is 16.5. The molecule has 1 aliphatic rings. The third-order valence-electron chi connectivity index (χ3n) is 2.31. The Morgan fingerprint density at radius 3 is 2.86 bits per heavy atom. The quantitative estimate of drug-likeness (QED) is 0.723. The van der Waals surface area contributed by atoms with Crippen LogP contribution in [0, 0.1) is 0 Å². The van der Waals surface area contributed by atoms with Gasteiger partial charge in [-0.1, -0.05) is 17.7 Å². The summed E-state index contributed by atoms with van der Waals surface area (Å²) in [7, 11) is 0. The van der Waals surface area contributed by atoms with Crippen LogP contribution in [0.5, 0.6) is 0 Å². The first kappa shape index (κ1) is 9.27. The average molecular weight is 213 g/mol. The second-order valence-electron chi connectivity index (χ2n) is 3.27. The van der Waals surface area contributed by atoms with Crippen LogP contribution in [0.3, 0.4) is 0 Å². The van der Waals surface area contributed by atoms with Gasteiger partial charge in [-0.05, 0) is 12.1 Å². The SMILES string of the molecule is O=C(O)N1CC(c2cccc(Cl)n2)C1. The Bertz CT molecular complexity index is 364. The molecule has 0 bridgehead atoms. The molecule has 1 saturated heterocycles. The molecule has 0 spiro atoms. The number of halogens is 1. The fourth-order valence-electron chi connectivity index (χ4n) is 1.47. The molecule has 2 rings (SSSR count). The highest BCUT2D eigenvalue weighted by molar-refractivity contribution is 6.29. The summed E-state index contributed by atoms with van der Waals surface area (Å²) in [4.78, 5) is 16.0. The molecule has 0 radical (unpaired) electrons. The van der Waals surface area contributed by atoms with Crippen LogP contribution in [0.15, 0.2) is 18.2 Å². The van der Waals surface area contributed by atoms with Crippen LogP contribution in [0.4, 0.5) is 4.79 Å². The summed E-state index contributed by atoms with van der Waals surface area (Å²) < 4.78 is 0. The van der Waals surface area contributed by atoms with Gasteiger partial charge in [-0.25, -0.2) is 9.78 Å². The summed E-state index contributed by atoms with van der Waals surface area (Å²) in [5.41, 5.74) is 0.870. The molecule has 0 saturated carbocycles. The van der Waals surface area contributed by atoms with Crippen LogP contribution in [-0.2, 0) is 0 Å². The number of hydrogen-bond acceptors (Lipinski definition) is 2. The second kappa shape index (κ2) is 3.46. The standard InChI is InChI=1S/C9H9ClN2O2/c10-8-3-1-2-7(11-8)6-4-12(5-6)9(13)14/h1-3,6H,4-5H2,(H,13,14). The number of hydrogen-bond donors (Lipinski definition) is 1. The van der Waals surface area contributed by atoms with Gasteiger partial charge >= 0.3 is 6.09 Å². The van der Waals surface area contributed by atoms with Crippen molar-refractivity contribution in [3.63, 3.8) is 0 Å². The first-order chi connectivity index (χ1) is 6.66. The van der Waals surface area contributed by atoms with Crippen LogP contribution < -0.4 is 0 Å². The third kappa shape index (κ3) is 1.65. The average Bonchev–Trinajstić information content (AvgIpc) is 2.00. The van der Waals surface area contributed by atoms with Gasteiger partial charge in [-0.2, -0.15) is 0 Å². The predicted octanol–water partition coefficient (Wildman–Crippen LogP) is 1.81. The largest absolute Gasteiger partial charge is 0.465 e. The number of likely N-dealkylation sites (tertiary alicyclic amines) is 1. The Morgan fingerprint density at radius 1 is 1.57 bits per heavy atom. The maximum absolute atomic E-state index is 10.5. The summed E-state index contributed by atoms with van der Waals surface area (Å²) in [5.74, 6) is 0.199. The van der Waals surface area contributed by atoms with Crippen molar-refractivity contribution in [3.05, 3.63) is 29.0 Å². The highest BCUT2D eigenvalue weighted by Gasteiger charge is 2.32. The van der Waals surface area contributed by atoms with E-state index in [2.05, 4.69) is 4.98 Å². The molecule has 0 atom stereocenters. The fraction of sp³-hybridized carbons (Fsp3) is 0.333. The molecule has 0 aliphatic carbocycles. The monoisotopic (exact) mass is 212 g/mol.